The minimum Gasteiger partial charge on any atom is -0.342 e. The van der Waals surface area contributed by atoms with Gasteiger partial charge in [0.2, 0.25) is 5.91 Å². The molecule has 0 radical (unpaired) electrons. The van der Waals surface area contributed by atoms with Gasteiger partial charge in [0.25, 0.3) is 0 Å². The maximum atomic E-state index is 12.6. The second-order valence-electron chi connectivity index (χ2n) is 4.04. The molecule has 1 aromatic carbocycles. The molecule has 0 saturated heterocycles. The van der Waals surface area contributed by atoms with Crippen LogP contribution in [-0.4, -0.2) is 23.9 Å². The highest BCUT2D eigenvalue weighted by Crippen LogP contribution is 2.25. The highest BCUT2D eigenvalue weighted by atomic mass is 19.1. The molecule has 0 bridgehead atoms. The van der Waals surface area contributed by atoms with Gasteiger partial charge in [0.05, 0.1) is 6.42 Å². The smallest absolute Gasteiger partial charge is 0.226 e. The number of hydrogen-bond acceptors (Lipinski definition) is 1. The number of halogens is 1. The van der Waals surface area contributed by atoms with E-state index in [1.807, 2.05) is 7.05 Å². The zero-order valence-electron chi connectivity index (χ0n) is 8.74. The van der Waals surface area contributed by atoms with Crippen molar-refractivity contribution in [3.63, 3.8) is 0 Å². The van der Waals surface area contributed by atoms with Crippen LogP contribution < -0.4 is 0 Å². The third kappa shape index (κ3) is 2.55. The lowest BCUT2D eigenvalue weighted by Gasteiger charge is -2.15. The molecule has 3 heteroatoms. The number of carbonyl (C=O) groups excluding carboxylic acids is 1. The third-order valence-corrected chi connectivity index (χ3v) is 2.76. The molecule has 0 aromatic heterocycles. The lowest BCUT2D eigenvalue weighted by atomic mass is 10.1. The van der Waals surface area contributed by atoms with Gasteiger partial charge in [-0.25, -0.2) is 4.39 Å². The van der Waals surface area contributed by atoms with Crippen molar-refractivity contribution < 1.29 is 9.18 Å². The monoisotopic (exact) mass is 207 g/mol. The average molecular weight is 207 g/mol. The van der Waals surface area contributed by atoms with Crippen molar-refractivity contribution in [1.82, 2.24) is 4.90 Å². The first-order chi connectivity index (χ1) is 7.16. The molecule has 1 aliphatic carbocycles. The fourth-order valence-electron chi connectivity index (χ4n) is 1.57. The normalized spacial score (nSPS) is 15.1. The topological polar surface area (TPSA) is 20.3 Å². The molecule has 1 aromatic rings. The number of hydrogen-bond donors (Lipinski definition) is 0. The van der Waals surface area contributed by atoms with Gasteiger partial charge in [-0.05, 0) is 30.5 Å². The fraction of sp³-hybridized carbons (Fsp3) is 0.417. The summed E-state index contributed by atoms with van der Waals surface area (Å²) in [6.07, 6.45) is 2.60. The Morgan fingerprint density at radius 3 is 2.53 bits per heavy atom. The van der Waals surface area contributed by atoms with Crippen molar-refractivity contribution in [1.29, 1.82) is 0 Å². The number of benzene rings is 1. The molecule has 1 amide bonds. The molecule has 2 rings (SSSR count). The number of rotatable bonds is 3. The Balaban J connectivity index is 1.95. The molecule has 2 nitrogen and oxygen atoms in total. The summed E-state index contributed by atoms with van der Waals surface area (Å²) in [7, 11) is 1.84. The first-order valence-corrected chi connectivity index (χ1v) is 5.17. The van der Waals surface area contributed by atoms with Gasteiger partial charge in [0.1, 0.15) is 5.82 Å². The molecule has 1 aliphatic rings. The molecule has 0 aliphatic heterocycles. The Morgan fingerprint density at radius 2 is 2.00 bits per heavy atom. The molecule has 15 heavy (non-hydrogen) atoms. The van der Waals surface area contributed by atoms with E-state index in [4.69, 9.17) is 0 Å². The molecule has 80 valence electrons. The Kier molecular flexibility index (Phi) is 2.71. The van der Waals surface area contributed by atoms with Crippen LogP contribution in [0.2, 0.25) is 0 Å². The molecule has 0 atom stereocenters. The van der Waals surface area contributed by atoms with E-state index in [0.717, 1.165) is 18.4 Å². The zero-order chi connectivity index (χ0) is 10.8. The van der Waals surface area contributed by atoms with Crippen molar-refractivity contribution in [2.45, 2.75) is 25.3 Å². The van der Waals surface area contributed by atoms with E-state index in [-0.39, 0.29) is 11.7 Å². The predicted octanol–water partition coefficient (Wildman–Crippen LogP) is 1.99. The quantitative estimate of drug-likeness (QED) is 0.742. The summed E-state index contributed by atoms with van der Waals surface area (Å²) in [6.45, 7) is 0. The standard InChI is InChI=1S/C12H14FNO/c1-14(11-6-7-11)12(15)8-9-2-4-10(13)5-3-9/h2-5,11H,6-8H2,1H3. The van der Waals surface area contributed by atoms with Crippen molar-refractivity contribution >= 4 is 5.91 Å². The largest absolute Gasteiger partial charge is 0.342 e. The molecule has 1 saturated carbocycles. The Hall–Kier alpha value is -1.38. The first kappa shape index (κ1) is 10.1. The Bertz CT molecular complexity index is 356. The van der Waals surface area contributed by atoms with E-state index >= 15 is 0 Å². The second-order valence-corrected chi connectivity index (χ2v) is 4.04. The molecule has 0 spiro atoms. The number of amides is 1. The minimum absolute atomic E-state index is 0.115. The highest BCUT2D eigenvalue weighted by molar-refractivity contribution is 5.79. The van der Waals surface area contributed by atoms with E-state index in [9.17, 15) is 9.18 Å². The van der Waals surface area contributed by atoms with E-state index in [1.165, 1.54) is 12.1 Å². The van der Waals surface area contributed by atoms with Gasteiger partial charge in [0.15, 0.2) is 0 Å². The second kappa shape index (κ2) is 4.01. The summed E-state index contributed by atoms with van der Waals surface area (Å²) in [5, 5.41) is 0. The van der Waals surface area contributed by atoms with Crippen LogP contribution in [0.1, 0.15) is 18.4 Å². The zero-order valence-corrected chi connectivity index (χ0v) is 8.74. The van der Waals surface area contributed by atoms with E-state index in [2.05, 4.69) is 0 Å². The minimum atomic E-state index is -0.262. The Morgan fingerprint density at radius 1 is 1.40 bits per heavy atom. The van der Waals surface area contributed by atoms with Crippen LogP contribution >= 0.6 is 0 Å². The Labute approximate surface area is 88.7 Å². The van der Waals surface area contributed by atoms with Crippen LogP contribution in [0.4, 0.5) is 4.39 Å². The van der Waals surface area contributed by atoms with Crippen molar-refractivity contribution in [2.24, 2.45) is 0 Å². The third-order valence-electron chi connectivity index (χ3n) is 2.76. The van der Waals surface area contributed by atoms with E-state index < -0.39 is 0 Å². The van der Waals surface area contributed by atoms with Crippen molar-refractivity contribution in [2.75, 3.05) is 7.05 Å². The van der Waals surface area contributed by atoms with Crippen molar-refractivity contribution in [3.05, 3.63) is 35.6 Å². The van der Waals surface area contributed by atoms with Gasteiger partial charge in [-0.3, -0.25) is 4.79 Å². The lowest BCUT2D eigenvalue weighted by molar-refractivity contribution is -0.129. The molecular formula is C12H14FNO. The van der Waals surface area contributed by atoms with Crippen LogP contribution in [0.15, 0.2) is 24.3 Å². The van der Waals surface area contributed by atoms with Gasteiger partial charge >= 0.3 is 0 Å². The van der Waals surface area contributed by atoms with Crippen LogP contribution in [-0.2, 0) is 11.2 Å². The van der Waals surface area contributed by atoms with Crippen LogP contribution in [0, 0.1) is 5.82 Å². The summed E-state index contributed by atoms with van der Waals surface area (Å²) in [6, 6.07) is 6.54. The lowest BCUT2D eigenvalue weighted by Crippen LogP contribution is -2.30. The highest BCUT2D eigenvalue weighted by Gasteiger charge is 2.29. The number of nitrogens with zero attached hydrogens (tertiary/aromatic N) is 1. The maximum Gasteiger partial charge on any atom is 0.226 e. The summed E-state index contributed by atoms with van der Waals surface area (Å²) in [5.74, 6) is -0.147. The number of carbonyl (C=O) groups is 1. The van der Waals surface area contributed by atoms with Crippen LogP contribution in [0.25, 0.3) is 0 Å². The van der Waals surface area contributed by atoms with Crippen molar-refractivity contribution in [3.8, 4) is 0 Å². The first-order valence-electron chi connectivity index (χ1n) is 5.17. The molecule has 0 heterocycles. The summed E-state index contributed by atoms with van der Waals surface area (Å²) >= 11 is 0. The summed E-state index contributed by atoms with van der Waals surface area (Å²) < 4.78 is 12.6. The molecule has 0 N–H and O–H groups in total. The van der Waals surface area contributed by atoms with Crippen LogP contribution in [0.5, 0.6) is 0 Å². The fourth-order valence-corrected chi connectivity index (χ4v) is 1.57. The molecule has 0 unspecified atom stereocenters. The number of likely N-dealkylation sites (N-methyl/N-ethyl adjacent to an activating group) is 1. The molecular weight excluding hydrogens is 193 g/mol. The van der Waals surface area contributed by atoms with Gasteiger partial charge < -0.3 is 4.90 Å². The molecule has 1 fully saturated rings. The SMILES string of the molecule is CN(C(=O)Cc1ccc(F)cc1)C1CC1. The van der Waals surface area contributed by atoms with Gasteiger partial charge in [-0.1, -0.05) is 12.1 Å². The van der Waals surface area contributed by atoms with Gasteiger partial charge in [0, 0.05) is 13.1 Å². The predicted molar refractivity (Wildman–Crippen MR) is 55.9 cm³/mol. The van der Waals surface area contributed by atoms with E-state index in [0.29, 0.717) is 12.5 Å². The summed E-state index contributed by atoms with van der Waals surface area (Å²) in [4.78, 5) is 13.5. The van der Waals surface area contributed by atoms with E-state index in [1.54, 1.807) is 17.0 Å². The maximum absolute atomic E-state index is 12.6. The summed E-state index contributed by atoms with van der Waals surface area (Å²) in [5.41, 5.74) is 0.869. The van der Waals surface area contributed by atoms with Gasteiger partial charge in [-0.2, -0.15) is 0 Å². The van der Waals surface area contributed by atoms with Gasteiger partial charge in [-0.15, -0.1) is 0 Å². The van der Waals surface area contributed by atoms with Crippen LogP contribution in [0.3, 0.4) is 0 Å². The average Bonchev–Trinajstić information content (AvgIpc) is 3.04.